The van der Waals surface area contributed by atoms with Crippen LogP contribution in [0.15, 0.2) is 42.5 Å². The third-order valence-corrected chi connectivity index (χ3v) is 5.65. The van der Waals surface area contributed by atoms with Crippen molar-refractivity contribution in [3.8, 4) is 17.0 Å². The second-order valence-electron chi connectivity index (χ2n) is 6.64. The molecule has 8 heteroatoms. The highest BCUT2D eigenvalue weighted by molar-refractivity contribution is 7.11. The molecule has 0 saturated carbocycles. The molecule has 2 amide bonds. The fourth-order valence-corrected chi connectivity index (χ4v) is 4.16. The van der Waals surface area contributed by atoms with Crippen molar-refractivity contribution in [2.24, 2.45) is 0 Å². The summed E-state index contributed by atoms with van der Waals surface area (Å²) in [4.78, 5) is 32.2. The van der Waals surface area contributed by atoms with E-state index in [0.717, 1.165) is 21.1 Å². The first-order chi connectivity index (χ1) is 13.9. The van der Waals surface area contributed by atoms with Crippen LogP contribution in [0.25, 0.3) is 11.3 Å². The Bertz CT molecular complexity index is 1100. The number of benzene rings is 2. The Morgan fingerprint density at radius 1 is 1.24 bits per heavy atom. The Kier molecular flexibility index (Phi) is 5.25. The van der Waals surface area contributed by atoms with Gasteiger partial charge in [-0.05, 0) is 56.3 Å². The minimum atomic E-state index is -0.306. The van der Waals surface area contributed by atoms with E-state index in [2.05, 4.69) is 10.3 Å². The lowest BCUT2D eigenvalue weighted by Crippen LogP contribution is -2.43. The summed E-state index contributed by atoms with van der Waals surface area (Å²) in [6.45, 7) is 3.75. The first kappa shape index (κ1) is 19.4. The maximum absolute atomic E-state index is 12.5. The van der Waals surface area contributed by atoms with Crippen LogP contribution in [0.3, 0.4) is 0 Å². The van der Waals surface area contributed by atoms with Gasteiger partial charge in [0.15, 0.2) is 6.61 Å². The molecule has 0 aliphatic carbocycles. The lowest BCUT2D eigenvalue weighted by Gasteiger charge is -2.29. The summed E-state index contributed by atoms with van der Waals surface area (Å²) in [7, 11) is 0. The van der Waals surface area contributed by atoms with Gasteiger partial charge in [0.2, 0.25) is 5.91 Å². The Labute approximate surface area is 177 Å². The van der Waals surface area contributed by atoms with Crippen LogP contribution in [0.4, 0.5) is 11.4 Å². The van der Waals surface area contributed by atoms with Crippen molar-refractivity contribution in [2.75, 3.05) is 23.4 Å². The van der Waals surface area contributed by atoms with Crippen LogP contribution >= 0.6 is 22.9 Å². The SMILES string of the molecule is Cc1nc(-c2ccc3c(c2)N(CC(=O)Nc2ccc(Cl)cc2)C(=O)CO3)c(C)s1. The van der Waals surface area contributed by atoms with Gasteiger partial charge in [0.05, 0.1) is 16.4 Å². The van der Waals surface area contributed by atoms with E-state index in [1.807, 2.05) is 32.0 Å². The number of aromatic nitrogens is 1. The van der Waals surface area contributed by atoms with E-state index in [1.165, 1.54) is 4.90 Å². The van der Waals surface area contributed by atoms with E-state index in [0.29, 0.717) is 22.1 Å². The molecule has 29 heavy (non-hydrogen) atoms. The van der Waals surface area contributed by atoms with Crippen molar-refractivity contribution in [3.05, 3.63) is 57.4 Å². The van der Waals surface area contributed by atoms with E-state index < -0.39 is 0 Å². The summed E-state index contributed by atoms with van der Waals surface area (Å²) < 4.78 is 5.55. The van der Waals surface area contributed by atoms with Gasteiger partial charge in [-0.2, -0.15) is 0 Å². The summed E-state index contributed by atoms with van der Waals surface area (Å²) in [6, 6.07) is 12.4. The normalized spacial score (nSPS) is 13.1. The van der Waals surface area contributed by atoms with Crippen molar-refractivity contribution >= 4 is 46.1 Å². The number of carbonyl (C=O) groups excluding carboxylic acids is 2. The topological polar surface area (TPSA) is 71.5 Å². The monoisotopic (exact) mass is 427 g/mol. The number of nitrogens with zero attached hydrogens (tertiary/aromatic N) is 2. The third-order valence-electron chi connectivity index (χ3n) is 4.51. The van der Waals surface area contributed by atoms with Gasteiger partial charge >= 0.3 is 0 Å². The van der Waals surface area contributed by atoms with Crippen LogP contribution in [0.2, 0.25) is 5.02 Å². The van der Waals surface area contributed by atoms with Gasteiger partial charge in [0.25, 0.3) is 5.91 Å². The summed E-state index contributed by atoms with van der Waals surface area (Å²) in [5, 5.41) is 4.34. The number of anilines is 2. The maximum Gasteiger partial charge on any atom is 0.265 e. The zero-order valence-electron chi connectivity index (χ0n) is 15.9. The Morgan fingerprint density at radius 3 is 2.69 bits per heavy atom. The van der Waals surface area contributed by atoms with Crippen molar-refractivity contribution in [2.45, 2.75) is 13.8 Å². The zero-order valence-corrected chi connectivity index (χ0v) is 17.4. The maximum atomic E-state index is 12.5. The molecule has 0 fully saturated rings. The number of ether oxygens (including phenoxy) is 1. The van der Waals surface area contributed by atoms with Crippen LogP contribution in [-0.2, 0) is 9.59 Å². The Balaban J connectivity index is 1.60. The number of carbonyl (C=O) groups is 2. The van der Waals surface area contributed by atoms with Crippen LogP contribution < -0.4 is 15.0 Å². The Hall–Kier alpha value is -2.90. The number of halogens is 1. The van der Waals surface area contributed by atoms with Gasteiger partial charge in [-0.15, -0.1) is 11.3 Å². The predicted octanol–water partition coefficient (Wildman–Crippen LogP) is 4.44. The molecule has 0 unspecified atom stereocenters. The van der Waals surface area contributed by atoms with E-state index >= 15 is 0 Å². The number of fused-ring (bicyclic) bond motifs is 1. The second kappa shape index (κ2) is 7.85. The lowest BCUT2D eigenvalue weighted by molar-refractivity contribution is -0.123. The van der Waals surface area contributed by atoms with Crippen LogP contribution in [0, 0.1) is 13.8 Å². The number of rotatable bonds is 4. The van der Waals surface area contributed by atoms with E-state index in [-0.39, 0.29) is 25.0 Å². The van der Waals surface area contributed by atoms with Crippen LogP contribution in [0.1, 0.15) is 9.88 Å². The summed E-state index contributed by atoms with van der Waals surface area (Å²) in [5.74, 6) is -0.0102. The molecule has 1 N–H and O–H groups in total. The molecule has 1 aromatic heterocycles. The number of thiazole rings is 1. The Morgan fingerprint density at radius 2 is 2.00 bits per heavy atom. The first-order valence-electron chi connectivity index (χ1n) is 8.98. The van der Waals surface area contributed by atoms with Crippen molar-refractivity contribution in [1.82, 2.24) is 4.98 Å². The van der Waals surface area contributed by atoms with E-state index in [1.54, 1.807) is 35.6 Å². The number of aryl methyl sites for hydroxylation is 2. The molecular weight excluding hydrogens is 410 g/mol. The molecule has 2 aromatic carbocycles. The van der Waals surface area contributed by atoms with Crippen molar-refractivity contribution < 1.29 is 14.3 Å². The molecule has 0 bridgehead atoms. The molecule has 6 nitrogen and oxygen atoms in total. The molecule has 0 spiro atoms. The fourth-order valence-electron chi connectivity index (χ4n) is 3.20. The van der Waals surface area contributed by atoms with Gasteiger partial charge in [-0.25, -0.2) is 4.98 Å². The average Bonchev–Trinajstić information content (AvgIpc) is 3.03. The second-order valence-corrected chi connectivity index (χ2v) is 8.49. The highest BCUT2D eigenvalue weighted by Gasteiger charge is 2.28. The molecule has 148 valence electrons. The minimum Gasteiger partial charge on any atom is -0.482 e. The van der Waals surface area contributed by atoms with Crippen LogP contribution in [0.5, 0.6) is 5.75 Å². The lowest BCUT2D eigenvalue weighted by atomic mass is 10.1. The first-order valence-corrected chi connectivity index (χ1v) is 10.2. The standard InChI is InChI=1S/C21H18ClN3O3S/c1-12-21(23-13(2)29-12)14-3-8-18-17(9-14)25(20(27)11-28-18)10-19(26)24-16-6-4-15(22)5-7-16/h3-9H,10-11H2,1-2H3,(H,24,26). The van der Waals surface area contributed by atoms with E-state index in [9.17, 15) is 9.59 Å². The molecule has 3 aromatic rings. The quantitative estimate of drug-likeness (QED) is 0.668. The third kappa shape index (κ3) is 4.11. The highest BCUT2D eigenvalue weighted by Crippen LogP contribution is 2.37. The van der Waals surface area contributed by atoms with Gasteiger partial charge in [-0.3, -0.25) is 14.5 Å². The molecule has 0 atom stereocenters. The summed E-state index contributed by atoms with van der Waals surface area (Å²) in [6.07, 6.45) is 0. The number of hydrogen-bond donors (Lipinski definition) is 1. The molecule has 1 aliphatic rings. The van der Waals surface area contributed by atoms with Gasteiger partial charge < -0.3 is 10.1 Å². The zero-order chi connectivity index (χ0) is 20.5. The summed E-state index contributed by atoms with van der Waals surface area (Å²) in [5.41, 5.74) is 2.93. The van der Waals surface area contributed by atoms with Gasteiger partial charge in [0.1, 0.15) is 12.3 Å². The van der Waals surface area contributed by atoms with Gasteiger partial charge in [0, 0.05) is 21.2 Å². The molecular formula is C21H18ClN3O3S. The van der Waals surface area contributed by atoms with E-state index in [4.69, 9.17) is 16.3 Å². The van der Waals surface area contributed by atoms with Crippen LogP contribution in [-0.4, -0.2) is 29.9 Å². The fraction of sp³-hybridized carbons (Fsp3) is 0.190. The number of nitrogens with one attached hydrogen (secondary N) is 1. The molecule has 0 saturated heterocycles. The smallest absolute Gasteiger partial charge is 0.265 e. The minimum absolute atomic E-state index is 0.102. The molecule has 2 heterocycles. The predicted molar refractivity (Wildman–Crippen MR) is 115 cm³/mol. The van der Waals surface area contributed by atoms with Crippen molar-refractivity contribution in [1.29, 1.82) is 0 Å². The number of hydrogen-bond acceptors (Lipinski definition) is 5. The highest BCUT2D eigenvalue weighted by atomic mass is 35.5. The summed E-state index contributed by atoms with van der Waals surface area (Å²) >= 11 is 7.49. The van der Waals surface area contributed by atoms with Gasteiger partial charge in [-0.1, -0.05) is 11.6 Å². The average molecular weight is 428 g/mol. The van der Waals surface area contributed by atoms with Crippen molar-refractivity contribution in [3.63, 3.8) is 0 Å². The molecule has 1 aliphatic heterocycles. The number of amides is 2. The molecule has 4 rings (SSSR count). The largest absolute Gasteiger partial charge is 0.482 e. The molecule has 0 radical (unpaired) electrons.